The van der Waals surface area contributed by atoms with Crippen molar-refractivity contribution in [3.8, 4) is 0 Å². The number of thiazole rings is 1. The second-order valence-corrected chi connectivity index (χ2v) is 11.5. The number of rotatable bonds is 4. The van der Waals surface area contributed by atoms with Gasteiger partial charge in [-0.05, 0) is 43.4 Å². The molecule has 14 heteroatoms. The first-order valence-corrected chi connectivity index (χ1v) is 15.6. The van der Waals surface area contributed by atoms with Crippen molar-refractivity contribution in [3.63, 3.8) is 0 Å². The van der Waals surface area contributed by atoms with Crippen LogP contribution < -0.4 is 27.0 Å². The third-order valence-corrected chi connectivity index (χ3v) is 8.51. The molecule has 0 unspecified atom stereocenters. The third-order valence-electron chi connectivity index (χ3n) is 7.65. The summed E-state index contributed by atoms with van der Waals surface area (Å²) in [5, 5.41) is 13.9. The summed E-state index contributed by atoms with van der Waals surface area (Å²) in [6.45, 7) is 5.51. The molecule has 0 radical (unpaired) electrons. The van der Waals surface area contributed by atoms with Gasteiger partial charge in [0.15, 0.2) is 5.13 Å². The van der Waals surface area contributed by atoms with E-state index in [1.165, 1.54) is 11.3 Å². The van der Waals surface area contributed by atoms with E-state index < -0.39 is 6.04 Å². The minimum Gasteiger partial charge on any atom is -0.365 e. The minimum absolute atomic E-state index is 0.0886. The molecule has 4 rings (SSSR count). The third kappa shape index (κ3) is 8.00. The zero-order valence-electron chi connectivity index (χ0n) is 24.8. The number of carbonyl (C=O) groups excluding carboxylic acids is 4. The average molecular weight is 613 g/mol. The number of aromatic nitrogens is 3. The Hall–Kier alpha value is -4.20. The van der Waals surface area contributed by atoms with Gasteiger partial charge >= 0.3 is 5.69 Å². The summed E-state index contributed by atoms with van der Waals surface area (Å²) in [7, 11) is 1.73. The van der Waals surface area contributed by atoms with E-state index in [9.17, 15) is 24.0 Å². The van der Waals surface area contributed by atoms with Crippen LogP contribution in [0.1, 0.15) is 66.8 Å². The number of nitrogens with one attached hydrogen (secondary N) is 5. The number of hydrogen-bond donors (Lipinski definition) is 5. The molecule has 4 amide bonds. The first kappa shape index (κ1) is 31.7. The smallest absolute Gasteiger partial charge is 0.326 e. The van der Waals surface area contributed by atoms with E-state index in [0.29, 0.717) is 85.8 Å². The Bertz CT molecular complexity index is 1510. The lowest BCUT2D eigenvalue weighted by Crippen LogP contribution is -2.50. The van der Waals surface area contributed by atoms with E-state index in [1.807, 2.05) is 13.8 Å². The number of amides is 4. The van der Waals surface area contributed by atoms with Crippen molar-refractivity contribution < 1.29 is 19.2 Å². The van der Waals surface area contributed by atoms with E-state index in [0.717, 1.165) is 0 Å². The SMILES string of the molecule is CC[C@H](C)[C@@H]1NC(=O)CCCN(C(=O)c2csc(NC)n2)CCCNC(=O)c2ccc3[nH]c(=O)n(c3c2)CCCNC1=O. The number of fused-ring (bicyclic) bond motifs is 1. The lowest BCUT2D eigenvalue weighted by molar-refractivity contribution is -0.130. The lowest BCUT2D eigenvalue weighted by Gasteiger charge is -2.24. The van der Waals surface area contributed by atoms with Gasteiger partial charge in [0, 0.05) is 57.1 Å². The maximum Gasteiger partial charge on any atom is 0.326 e. The van der Waals surface area contributed by atoms with Gasteiger partial charge < -0.3 is 31.2 Å². The van der Waals surface area contributed by atoms with Gasteiger partial charge in [0.25, 0.3) is 11.8 Å². The Kier molecular flexibility index (Phi) is 10.9. The summed E-state index contributed by atoms with van der Waals surface area (Å²) in [5.74, 6) is -1.17. The van der Waals surface area contributed by atoms with Crippen molar-refractivity contribution in [1.29, 1.82) is 0 Å². The highest BCUT2D eigenvalue weighted by Crippen LogP contribution is 2.17. The predicted octanol–water partition coefficient (Wildman–Crippen LogP) is 1.92. The van der Waals surface area contributed by atoms with Gasteiger partial charge in [0.05, 0.1) is 11.0 Å². The number of aryl methyl sites for hydroxylation is 1. The van der Waals surface area contributed by atoms with Crippen LogP contribution in [0.25, 0.3) is 11.0 Å². The largest absolute Gasteiger partial charge is 0.365 e. The standard InChI is InChI=1S/C29H40N8O5S/c1-4-18(2)24-26(40)32-12-7-15-37-22-16-19(9-10-20(22)34-29(37)42)25(39)31-11-6-14-36(13-5-8-23(38)35-24)27(41)21-17-43-28(30-3)33-21/h9-10,16-18,24H,4-8,11-15H2,1-3H3,(H,30,33)(H,31,39)(H,32,40)(H,34,42)(H,35,38)/t18-,24-/m0/s1. The van der Waals surface area contributed by atoms with Gasteiger partial charge in [-0.1, -0.05) is 20.3 Å². The fraction of sp³-hybridized carbons (Fsp3) is 0.517. The summed E-state index contributed by atoms with van der Waals surface area (Å²) in [4.78, 5) is 73.6. The molecular weight excluding hydrogens is 572 g/mol. The van der Waals surface area contributed by atoms with Crippen LogP contribution in [0.5, 0.6) is 0 Å². The van der Waals surface area contributed by atoms with Crippen LogP contribution in [-0.4, -0.2) is 82.3 Å². The molecule has 3 heterocycles. The molecule has 3 aromatic rings. The zero-order chi connectivity index (χ0) is 30.9. The lowest BCUT2D eigenvalue weighted by atomic mass is 9.98. The Balaban J connectivity index is 1.55. The summed E-state index contributed by atoms with van der Waals surface area (Å²) in [6, 6.07) is 4.33. The number of hydrogen-bond acceptors (Lipinski definition) is 8. The number of carbonyl (C=O) groups is 4. The fourth-order valence-corrected chi connectivity index (χ4v) is 5.64. The molecule has 1 aromatic carbocycles. The molecule has 5 N–H and O–H groups in total. The molecule has 232 valence electrons. The molecular formula is C29H40N8O5S. The first-order chi connectivity index (χ1) is 20.7. The van der Waals surface area contributed by atoms with Crippen molar-refractivity contribution in [1.82, 2.24) is 35.4 Å². The highest BCUT2D eigenvalue weighted by atomic mass is 32.1. The van der Waals surface area contributed by atoms with Crippen LogP contribution in [0.3, 0.4) is 0 Å². The van der Waals surface area contributed by atoms with Crippen LogP contribution in [0.4, 0.5) is 5.13 Å². The maximum atomic E-state index is 13.3. The number of benzene rings is 1. The van der Waals surface area contributed by atoms with Crippen LogP contribution in [0.15, 0.2) is 28.4 Å². The van der Waals surface area contributed by atoms with Crippen LogP contribution in [0.2, 0.25) is 0 Å². The quantitative estimate of drug-likeness (QED) is 0.300. The Morgan fingerprint density at radius 3 is 2.58 bits per heavy atom. The molecule has 2 bridgehead atoms. The molecule has 43 heavy (non-hydrogen) atoms. The summed E-state index contributed by atoms with van der Waals surface area (Å²) < 4.78 is 1.55. The summed E-state index contributed by atoms with van der Waals surface area (Å²) >= 11 is 1.33. The van der Waals surface area contributed by atoms with Crippen molar-refractivity contribution in [2.75, 3.05) is 38.5 Å². The van der Waals surface area contributed by atoms with E-state index in [-0.39, 0.29) is 41.7 Å². The molecule has 2 atom stereocenters. The average Bonchev–Trinajstić information content (AvgIpc) is 3.61. The summed E-state index contributed by atoms with van der Waals surface area (Å²) in [5.41, 5.74) is 1.64. The van der Waals surface area contributed by atoms with Crippen LogP contribution in [-0.2, 0) is 16.1 Å². The molecule has 13 nitrogen and oxygen atoms in total. The van der Waals surface area contributed by atoms with E-state index in [4.69, 9.17) is 0 Å². The van der Waals surface area contributed by atoms with Crippen LogP contribution in [0, 0.1) is 5.92 Å². The molecule has 0 spiro atoms. The second kappa shape index (κ2) is 14.8. The topological polar surface area (TPSA) is 170 Å². The number of imidazole rings is 1. The molecule has 0 saturated carbocycles. The minimum atomic E-state index is -0.699. The van der Waals surface area contributed by atoms with Gasteiger partial charge in [-0.15, -0.1) is 11.3 Å². The second-order valence-electron chi connectivity index (χ2n) is 10.7. The van der Waals surface area contributed by atoms with Gasteiger partial charge in [0.2, 0.25) is 11.8 Å². The molecule has 2 aromatic heterocycles. The van der Waals surface area contributed by atoms with Crippen molar-refractivity contribution in [2.24, 2.45) is 5.92 Å². The molecule has 0 fully saturated rings. The van der Waals surface area contributed by atoms with E-state index in [1.54, 1.807) is 40.1 Å². The van der Waals surface area contributed by atoms with Crippen molar-refractivity contribution in [3.05, 3.63) is 45.3 Å². The zero-order valence-corrected chi connectivity index (χ0v) is 25.6. The maximum absolute atomic E-state index is 13.3. The molecule has 0 aliphatic carbocycles. The van der Waals surface area contributed by atoms with Gasteiger partial charge in [-0.25, -0.2) is 9.78 Å². The van der Waals surface area contributed by atoms with E-state index in [2.05, 4.69) is 31.2 Å². The van der Waals surface area contributed by atoms with Gasteiger partial charge in [-0.3, -0.25) is 23.7 Å². The first-order valence-electron chi connectivity index (χ1n) is 14.7. The number of nitrogens with zero attached hydrogens (tertiary/aromatic N) is 3. The Morgan fingerprint density at radius 2 is 1.84 bits per heavy atom. The number of anilines is 1. The normalized spacial score (nSPS) is 18.8. The highest BCUT2D eigenvalue weighted by Gasteiger charge is 2.26. The Morgan fingerprint density at radius 1 is 1.09 bits per heavy atom. The molecule has 1 aliphatic heterocycles. The number of aromatic amines is 1. The fourth-order valence-electron chi connectivity index (χ4n) is 4.99. The predicted molar refractivity (Wildman–Crippen MR) is 165 cm³/mol. The van der Waals surface area contributed by atoms with Crippen molar-refractivity contribution >= 4 is 51.1 Å². The van der Waals surface area contributed by atoms with Gasteiger partial charge in [-0.2, -0.15) is 0 Å². The molecule has 0 saturated heterocycles. The highest BCUT2D eigenvalue weighted by molar-refractivity contribution is 7.13. The molecule has 1 aliphatic rings. The Labute approximate surface area is 253 Å². The monoisotopic (exact) mass is 612 g/mol. The summed E-state index contributed by atoms with van der Waals surface area (Å²) in [6.07, 6.45) is 2.20. The van der Waals surface area contributed by atoms with Crippen molar-refractivity contribution in [2.45, 2.75) is 58.5 Å². The van der Waals surface area contributed by atoms with E-state index >= 15 is 0 Å². The number of H-pyrrole nitrogens is 1. The van der Waals surface area contributed by atoms with Gasteiger partial charge in [0.1, 0.15) is 11.7 Å². The van der Waals surface area contributed by atoms with Crippen LogP contribution >= 0.6 is 11.3 Å².